The van der Waals surface area contributed by atoms with Crippen LogP contribution in [0.15, 0.2) is 18.3 Å². The summed E-state index contributed by atoms with van der Waals surface area (Å²) >= 11 is 0. The Morgan fingerprint density at radius 3 is 2.67 bits per heavy atom. The summed E-state index contributed by atoms with van der Waals surface area (Å²) in [5, 5.41) is 10.9. The molecule has 1 fully saturated rings. The zero-order valence-corrected chi connectivity index (χ0v) is 12.6. The standard InChI is InChI=1S/C17H23FN2O/c1-2-20-12-13(6-9-19-7-4-3-5-8-19)17-15(20)10-14(18)11-16(17)21/h10-12,21H,2-9H2,1H3. The lowest BCUT2D eigenvalue weighted by atomic mass is 10.1. The third-order valence-electron chi connectivity index (χ3n) is 4.49. The minimum atomic E-state index is -0.379. The molecule has 1 N–H and O–H groups in total. The Bertz CT molecular complexity index is 629. The van der Waals surface area contributed by atoms with Crippen LogP contribution in [0.2, 0.25) is 0 Å². The Balaban J connectivity index is 1.87. The van der Waals surface area contributed by atoms with Crippen LogP contribution in [0.1, 0.15) is 31.7 Å². The highest BCUT2D eigenvalue weighted by Crippen LogP contribution is 2.31. The molecule has 2 aromatic rings. The molecule has 0 atom stereocenters. The number of benzene rings is 1. The molecule has 0 amide bonds. The van der Waals surface area contributed by atoms with Crippen LogP contribution in [0.5, 0.6) is 5.75 Å². The van der Waals surface area contributed by atoms with E-state index in [9.17, 15) is 9.50 Å². The predicted molar refractivity (Wildman–Crippen MR) is 83.2 cm³/mol. The fourth-order valence-corrected chi connectivity index (χ4v) is 3.37. The van der Waals surface area contributed by atoms with E-state index in [4.69, 9.17) is 0 Å². The van der Waals surface area contributed by atoms with Gasteiger partial charge < -0.3 is 14.6 Å². The van der Waals surface area contributed by atoms with Gasteiger partial charge in [0.25, 0.3) is 0 Å². The smallest absolute Gasteiger partial charge is 0.129 e. The predicted octanol–water partition coefficient (Wildman–Crippen LogP) is 3.53. The first-order valence-electron chi connectivity index (χ1n) is 7.91. The number of aromatic hydroxyl groups is 1. The van der Waals surface area contributed by atoms with Crippen LogP contribution in [-0.4, -0.2) is 34.2 Å². The third kappa shape index (κ3) is 2.91. The summed E-state index contributed by atoms with van der Waals surface area (Å²) in [7, 11) is 0. The molecule has 114 valence electrons. The molecule has 21 heavy (non-hydrogen) atoms. The summed E-state index contributed by atoms with van der Waals surface area (Å²) in [5.74, 6) is -0.318. The summed E-state index contributed by atoms with van der Waals surface area (Å²) in [6, 6.07) is 2.73. The van der Waals surface area contributed by atoms with Crippen molar-refractivity contribution in [1.82, 2.24) is 9.47 Å². The average molecular weight is 290 g/mol. The average Bonchev–Trinajstić information content (AvgIpc) is 2.84. The van der Waals surface area contributed by atoms with Crippen molar-refractivity contribution in [2.24, 2.45) is 0 Å². The van der Waals surface area contributed by atoms with Crippen molar-refractivity contribution in [2.45, 2.75) is 39.2 Å². The fourth-order valence-electron chi connectivity index (χ4n) is 3.37. The van der Waals surface area contributed by atoms with E-state index in [1.54, 1.807) is 0 Å². The van der Waals surface area contributed by atoms with Gasteiger partial charge in [-0.1, -0.05) is 6.42 Å². The van der Waals surface area contributed by atoms with Crippen molar-refractivity contribution in [2.75, 3.05) is 19.6 Å². The highest BCUT2D eigenvalue weighted by atomic mass is 19.1. The largest absolute Gasteiger partial charge is 0.507 e. The molecule has 0 saturated carbocycles. The molecule has 3 rings (SSSR count). The first kappa shape index (κ1) is 14.4. The van der Waals surface area contributed by atoms with Crippen LogP contribution >= 0.6 is 0 Å². The number of halogens is 1. The Morgan fingerprint density at radius 1 is 1.19 bits per heavy atom. The molecule has 0 radical (unpaired) electrons. The second-order valence-corrected chi connectivity index (χ2v) is 5.91. The number of rotatable bonds is 4. The fraction of sp³-hybridized carbons (Fsp3) is 0.529. The first-order chi connectivity index (χ1) is 10.2. The van der Waals surface area contributed by atoms with Crippen molar-refractivity contribution < 1.29 is 9.50 Å². The Labute approximate surface area is 125 Å². The van der Waals surface area contributed by atoms with Crippen LogP contribution in [0.3, 0.4) is 0 Å². The number of phenolic OH excluding ortho intramolecular Hbond substituents is 1. The molecule has 1 aliphatic heterocycles. The summed E-state index contributed by atoms with van der Waals surface area (Å²) < 4.78 is 15.5. The molecule has 0 spiro atoms. The van der Waals surface area contributed by atoms with E-state index in [0.29, 0.717) is 0 Å². The van der Waals surface area contributed by atoms with E-state index >= 15 is 0 Å². The van der Waals surface area contributed by atoms with E-state index in [0.717, 1.165) is 36.0 Å². The lowest BCUT2D eigenvalue weighted by molar-refractivity contribution is 0.231. The molecule has 3 nitrogen and oxygen atoms in total. The molecular weight excluding hydrogens is 267 g/mol. The van der Waals surface area contributed by atoms with E-state index in [1.165, 1.54) is 44.5 Å². The molecule has 1 saturated heterocycles. The quantitative estimate of drug-likeness (QED) is 0.933. The number of hydrogen-bond acceptors (Lipinski definition) is 2. The summed E-state index contributed by atoms with van der Waals surface area (Å²) in [4.78, 5) is 2.49. The second kappa shape index (κ2) is 6.06. The molecule has 1 aromatic carbocycles. The van der Waals surface area contributed by atoms with Gasteiger partial charge >= 0.3 is 0 Å². The van der Waals surface area contributed by atoms with Crippen molar-refractivity contribution in [3.05, 3.63) is 29.7 Å². The number of aryl methyl sites for hydroxylation is 1. The van der Waals surface area contributed by atoms with E-state index in [2.05, 4.69) is 11.1 Å². The second-order valence-electron chi connectivity index (χ2n) is 5.91. The van der Waals surface area contributed by atoms with Crippen LogP contribution in [0, 0.1) is 5.82 Å². The molecular formula is C17H23FN2O. The number of nitrogens with zero attached hydrogens (tertiary/aromatic N) is 2. The number of likely N-dealkylation sites (tertiary alicyclic amines) is 1. The highest BCUT2D eigenvalue weighted by molar-refractivity contribution is 5.89. The van der Waals surface area contributed by atoms with E-state index in [1.807, 2.05) is 11.5 Å². The van der Waals surface area contributed by atoms with E-state index < -0.39 is 0 Å². The van der Waals surface area contributed by atoms with Gasteiger partial charge in [0.05, 0.1) is 5.52 Å². The third-order valence-corrected chi connectivity index (χ3v) is 4.49. The lowest BCUT2D eigenvalue weighted by Gasteiger charge is -2.26. The van der Waals surface area contributed by atoms with E-state index in [-0.39, 0.29) is 11.6 Å². The number of piperidine rings is 1. The minimum absolute atomic E-state index is 0.0610. The van der Waals surface area contributed by atoms with Crippen LogP contribution in [0.25, 0.3) is 10.9 Å². The molecule has 0 bridgehead atoms. The zero-order chi connectivity index (χ0) is 14.8. The normalized spacial score (nSPS) is 16.7. The topological polar surface area (TPSA) is 28.4 Å². The Hall–Kier alpha value is -1.55. The zero-order valence-electron chi connectivity index (χ0n) is 12.6. The van der Waals surface area contributed by atoms with Crippen molar-refractivity contribution in [3.63, 3.8) is 0 Å². The van der Waals surface area contributed by atoms with Crippen LogP contribution < -0.4 is 0 Å². The highest BCUT2D eigenvalue weighted by Gasteiger charge is 2.15. The van der Waals surface area contributed by atoms with Gasteiger partial charge in [-0.2, -0.15) is 0 Å². The lowest BCUT2D eigenvalue weighted by Crippen LogP contribution is -2.31. The van der Waals surface area contributed by atoms with Gasteiger partial charge in [0.2, 0.25) is 0 Å². The van der Waals surface area contributed by atoms with Crippen LogP contribution in [-0.2, 0) is 13.0 Å². The molecule has 0 aliphatic carbocycles. The van der Waals surface area contributed by atoms with Crippen LogP contribution in [0.4, 0.5) is 4.39 Å². The maximum Gasteiger partial charge on any atom is 0.129 e. The van der Waals surface area contributed by atoms with Gasteiger partial charge in [-0.05, 0) is 50.9 Å². The first-order valence-corrected chi connectivity index (χ1v) is 7.91. The summed E-state index contributed by atoms with van der Waals surface area (Å²) in [6.07, 6.45) is 6.88. The van der Waals surface area contributed by atoms with Gasteiger partial charge in [0.15, 0.2) is 0 Å². The number of aromatic nitrogens is 1. The molecule has 0 unspecified atom stereocenters. The molecule has 2 heterocycles. The monoisotopic (exact) mass is 290 g/mol. The summed E-state index contributed by atoms with van der Waals surface area (Å²) in [5.41, 5.74) is 1.92. The minimum Gasteiger partial charge on any atom is -0.507 e. The Morgan fingerprint density at radius 2 is 1.95 bits per heavy atom. The van der Waals surface area contributed by atoms with Gasteiger partial charge in [0.1, 0.15) is 11.6 Å². The number of fused-ring (bicyclic) bond motifs is 1. The number of phenols is 1. The molecule has 1 aliphatic rings. The van der Waals surface area contributed by atoms with Crippen molar-refractivity contribution in [1.29, 1.82) is 0 Å². The molecule has 1 aromatic heterocycles. The number of hydrogen-bond donors (Lipinski definition) is 1. The van der Waals surface area contributed by atoms with Crippen molar-refractivity contribution >= 4 is 10.9 Å². The van der Waals surface area contributed by atoms with Gasteiger partial charge in [-0.25, -0.2) is 4.39 Å². The maximum atomic E-state index is 13.5. The van der Waals surface area contributed by atoms with Crippen molar-refractivity contribution in [3.8, 4) is 5.75 Å². The summed E-state index contributed by atoms with van der Waals surface area (Å²) in [6.45, 7) is 6.18. The Kier molecular flexibility index (Phi) is 4.15. The molecule has 4 heteroatoms. The SMILES string of the molecule is CCn1cc(CCN2CCCCC2)c2c(O)cc(F)cc21. The van der Waals surface area contributed by atoms with Gasteiger partial charge in [-0.15, -0.1) is 0 Å². The maximum absolute atomic E-state index is 13.5. The van der Waals surface area contributed by atoms with Gasteiger partial charge in [0, 0.05) is 30.7 Å². The van der Waals surface area contributed by atoms with Gasteiger partial charge in [-0.3, -0.25) is 0 Å².